The standard InChI is InChI=1S/C16H13Br2F3O2/c17-13-5-2-6-14(18)12(13)7-8-15(22)10-3-1-4-11(9-10)23-16(19,20)21/h1-6,9,15,22H,7-8H2. The third kappa shape index (κ3) is 5.51. The van der Waals surface area contributed by atoms with E-state index >= 15 is 0 Å². The lowest BCUT2D eigenvalue weighted by molar-refractivity contribution is -0.274. The van der Waals surface area contributed by atoms with E-state index < -0.39 is 12.5 Å². The van der Waals surface area contributed by atoms with Gasteiger partial charge in [0.1, 0.15) is 5.75 Å². The summed E-state index contributed by atoms with van der Waals surface area (Å²) >= 11 is 6.88. The minimum Gasteiger partial charge on any atom is -0.406 e. The SMILES string of the molecule is OC(CCc1c(Br)cccc1Br)c1cccc(OC(F)(F)F)c1. The second kappa shape index (κ2) is 7.68. The predicted octanol–water partition coefficient (Wildman–Crippen LogP) is 5.78. The zero-order chi connectivity index (χ0) is 17.0. The van der Waals surface area contributed by atoms with Gasteiger partial charge in [-0.25, -0.2) is 0 Å². The van der Waals surface area contributed by atoms with E-state index in [1.807, 2.05) is 18.2 Å². The molecule has 23 heavy (non-hydrogen) atoms. The highest BCUT2D eigenvalue weighted by molar-refractivity contribution is 9.11. The fraction of sp³-hybridized carbons (Fsp3) is 0.250. The van der Waals surface area contributed by atoms with E-state index in [2.05, 4.69) is 36.6 Å². The third-order valence-corrected chi connectivity index (χ3v) is 4.69. The van der Waals surface area contributed by atoms with E-state index in [1.165, 1.54) is 18.2 Å². The molecular weight excluding hydrogens is 441 g/mol. The number of aliphatic hydroxyl groups excluding tert-OH is 1. The summed E-state index contributed by atoms with van der Waals surface area (Å²) < 4.78 is 42.4. The van der Waals surface area contributed by atoms with Gasteiger partial charge in [-0.3, -0.25) is 0 Å². The highest BCUT2D eigenvalue weighted by atomic mass is 79.9. The Bertz CT molecular complexity index is 654. The van der Waals surface area contributed by atoms with Crippen LogP contribution in [0.5, 0.6) is 5.75 Å². The van der Waals surface area contributed by atoms with Gasteiger partial charge in [0.2, 0.25) is 0 Å². The lowest BCUT2D eigenvalue weighted by Crippen LogP contribution is -2.17. The Morgan fingerprint density at radius 3 is 2.26 bits per heavy atom. The molecule has 0 saturated heterocycles. The van der Waals surface area contributed by atoms with Crippen molar-refractivity contribution < 1.29 is 23.0 Å². The Hall–Kier alpha value is -1.05. The van der Waals surface area contributed by atoms with Crippen molar-refractivity contribution in [3.05, 3.63) is 62.5 Å². The largest absolute Gasteiger partial charge is 0.573 e. The predicted molar refractivity (Wildman–Crippen MR) is 88.2 cm³/mol. The van der Waals surface area contributed by atoms with E-state index in [-0.39, 0.29) is 5.75 Å². The maximum atomic E-state index is 12.2. The highest BCUT2D eigenvalue weighted by Gasteiger charge is 2.31. The van der Waals surface area contributed by atoms with Crippen molar-refractivity contribution in [2.24, 2.45) is 0 Å². The van der Waals surface area contributed by atoms with Crippen LogP contribution in [0.2, 0.25) is 0 Å². The number of hydrogen-bond donors (Lipinski definition) is 1. The molecule has 0 aromatic heterocycles. The van der Waals surface area contributed by atoms with Crippen LogP contribution < -0.4 is 4.74 Å². The number of benzene rings is 2. The molecule has 1 unspecified atom stereocenters. The smallest absolute Gasteiger partial charge is 0.406 e. The fourth-order valence-corrected chi connectivity index (χ4v) is 3.53. The lowest BCUT2D eigenvalue weighted by Gasteiger charge is -2.15. The van der Waals surface area contributed by atoms with Crippen molar-refractivity contribution in [1.82, 2.24) is 0 Å². The molecule has 1 atom stereocenters. The number of hydrogen-bond acceptors (Lipinski definition) is 2. The van der Waals surface area contributed by atoms with Gasteiger partial charge < -0.3 is 9.84 Å². The summed E-state index contributed by atoms with van der Waals surface area (Å²) in [6.45, 7) is 0. The van der Waals surface area contributed by atoms with Crippen LogP contribution in [0, 0.1) is 0 Å². The van der Waals surface area contributed by atoms with Gasteiger partial charge in [-0.15, -0.1) is 13.2 Å². The molecule has 1 N–H and O–H groups in total. The van der Waals surface area contributed by atoms with Crippen LogP contribution in [-0.4, -0.2) is 11.5 Å². The van der Waals surface area contributed by atoms with Crippen molar-refractivity contribution in [2.45, 2.75) is 25.3 Å². The maximum Gasteiger partial charge on any atom is 0.573 e. The van der Waals surface area contributed by atoms with Gasteiger partial charge in [0.05, 0.1) is 6.10 Å². The minimum atomic E-state index is -4.75. The van der Waals surface area contributed by atoms with Gasteiger partial charge in [0.15, 0.2) is 0 Å². The van der Waals surface area contributed by atoms with Gasteiger partial charge in [0.25, 0.3) is 0 Å². The molecule has 0 heterocycles. The summed E-state index contributed by atoms with van der Waals surface area (Å²) in [5, 5.41) is 10.2. The van der Waals surface area contributed by atoms with Crippen molar-refractivity contribution in [2.75, 3.05) is 0 Å². The highest BCUT2D eigenvalue weighted by Crippen LogP contribution is 2.30. The fourth-order valence-electron chi connectivity index (χ4n) is 2.14. The Labute approximate surface area is 148 Å². The topological polar surface area (TPSA) is 29.5 Å². The number of rotatable bonds is 5. The average Bonchev–Trinajstić information content (AvgIpc) is 2.45. The number of ether oxygens (including phenoxy) is 1. The van der Waals surface area contributed by atoms with E-state index in [9.17, 15) is 18.3 Å². The Morgan fingerprint density at radius 1 is 1.04 bits per heavy atom. The van der Waals surface area contributed by atoms with Crippen molar-refractivity contribution in [1.29, 1.82) is 0 Å². The second-order valence-electron chi connectivity index (χ2n) is 4.87. The molecule has 0 aliphatic rings. The molecule has 7 heteroatoms. The normalized spacial score (nSPS) is 13.0. The molecule has 2 aromatic carbocycles. The molecule has 2 nitrogen and oxygen atoms in total. The van der Waals surface area contributed by atoms with Gasteiger partial charge in [0, 0.05) is 8.95 Å². The molecule has 2 rings (SSSR count). The zero-order valence-electron chi connectivity index (χ0n) is 11.8. The Morgan fingerprint density at radius 2 is 1.65 bits per heavy atom. The average molecular weight is 454 g/mol. The van der Waals surface area contributed by atoms with Gasteiger partial charge in [-0.2, -0.15) is 0 Å². The first-order valence-electron chi connectivity index (χ1n) is 6.73. The third-order valence-electron chi connectivity index (χ3n) is 3.21. The molecule has 124 valence electrons. The lowest BCUT2D eigenvalue weighted by atomic mass is 10.0. The molecule has 0 fully saturated rings. The monoisotopic (exact) mass is 452 g/mol. The van der Waals surface area contributed by atoms with Crippen LogP contribution >= 0.6 is 31.9 Å². The minimum absolute atomic E-state index is 0.337. The summed E-state index contributed by atoms with van der Waals surface area (Å²) in [5.41, 5.74) is 1.38. The van der Waals surface area contributed by atoms with E-state index in [0.29, 0.717) is 18.4 Å². The van der Waals surface area contributed by atoms with Crippen molar-refractivity contribution in [3.8, 4) is 5.75 Å². The quantitative estimate of drug-likeness (QED) is 0.622. The maximum absolute atomic E-state index is 12.2. The summed E-state index contributed by atoms with van der Waals surface area (Å²) in [6.07, 6.45) is -4.70. The van der Waals surface area contributed by atoms with Crippen LogP contribution in [-0.2, 0) is 6.42 Å². The first-order chi connectivity index (χ1) is 10.8. The van der Waals surface area contributed by atoms with Gasteiger partial charge >= 0.3 is 6.36 Å². The van der Waals surface area contributed by atoms with Crippen LogP contribution in [0.25, 0.3) is 0 Å². The molecule has 0 spiro atoms. The number of alkyl halides is 3. The van der Waals surface area contributed by atoms with Crippen LogP contribution in [0.4, 0.5) is 13.2 Å². The van der Waals surface area contributed by atoms with Gasteiger partial charge in [-0.1, -0.05) is 50.1 Å². The Kier molecular flexibility index (Phi) is 6.11. The molecule has 2 aromatic rings. The van der Waals surface area contributed by atoms with Gasteiger partial charge in [-0.05, 0) is 48.2 Å². The van der Waals surface area contributed by atoms with Crippen molar-refractivity contribution in [3.63, 3.8) is 0 Å². The van der Waals surface area contributed by atoms with E-state index in [1.54, 1.807) is 6.07 Å². The summed E-state index contributed by atoms with van der Waals surface area (Å²) in [6, 6.07) is 11.1. The van der Waals surface area contributed by atoms with Crippen LogP contribution in [0.3, 0.4) is 0 Å². The molecule has 0 bridgehead atoms. The van der Waals surface area contributed by atoms with E-state index in [0.717, 1.165) is 14.5 Å². The summed E-state index contributed by atoms with van der Waals surface area (Å²) in [7, 11) is 0. The number of halogens is 5. The summed E-state index contributed by atoms with van der Waals surface area (Å²) in [5.74, 6) is -0.337. The molecule has 0 amide bonds. The summed E-state index contributed by atoms with van der Waals surface area (Å²) in [4.78, 5) is 0. The number of aliphatic hydroxyl groups is 1. The van der Waals surface area contributed by atoms with Crippen LogP contribution in [0.1, 0.15) is 23.7 Å². The molecule has 0 aliphatic carbocycles. The molecule has 0 aliphatic heterocycles. The zero-order valence-corrected chi connectivity index (χ0v) is 15.0. The molecular formula is C16H13Br2F3O2. The Balaban J connectivity index is 2.06. The first-order valence-corrected chi connectivity index (χ1v) is 8.31. The van der Waals surface area contributed by atoms with E-state index in [4.69, 9.17) is 0 Å². The first kappa shape index (κ1) is 18.3. The molecule has 0 saturated carbocycles. The van der Waals surface area contributed by atoms with Crippen LogP contribution in [0.15, 0.2) is 51.4 Å². The molecule has 0 radical (unpaired) electrons. The van der Waals surface area contributed by atoms with Crippen molar-refractivity contribution >= 4 is 31.9 Å². The second-order valence-corrected chi connectivity index (χ2v) is 6.58.